The first kappa shape index (κ1) is 17.0. The van der Waals surface area contributed by atoms with Gasteiger partial charge in [0.2, 0.25) is 5.91 Å². The van der Waals surface area contributed by atoms with Gasteiger partial charge in [0.25, 0.3) is 0 Å². The third-order valence-electron chi connectivity index (χ3n) is 2.83. The maximum Gasteiger partial charge on any atom is 0.341 e. The first-order valence-electron chi connectivity index (χ1n) is 6.07. The standard InChI is InChI=1S/C13H15F2NO5/c1-6(17)16-5-4-9(18)12(19)7-2-3-8(14)10(11(7)15)13(20)21/h2-3,9,12,18-19H,4-5H2,1H3,(H,16,17)(H,20,21). The van der Waals surface area contributed by atoms with Crippen LogP contribution in [0.5, 0.6) is 0 Å². The number of aromatic carboxylic acids is 1. The van der Waals surface area contributed by atoms with Gasteiger partial charge in [0.05, 0.1) is 6.10 Å². The molecule has 1 rings (SSSR count). The van der Waals surface area contributed by atoms with Crippen molar-refractivity contribution in [3.8, 4) is 0 Å². The lowest BCUT2D eigenvalue weighted by Gasteiger charge is -2.19. The van der Waals surface area contributed by atoms with E-state index in [0.29, 0.717) is 6.07 Å². The number of amides is 1. The molecule has 0 aliphatic heterocycles. The third-order valence-corrected chi connectivity index (χ3v) is 2.83. The lowest BCUT2D eigenvalue weighted by atomic mass is 9.99. The second-order valence-corrected chi connectivity index (χ2v) is 4.41. The number of benzene rings is 1. The Morgan fingerprint density at radius 2 is 1.90 bits per heavy atom. The summed E-state index contributed by atoms with van der Waals surface area (Å²) in [4.78, 5) is 21.4. The number of carbonyl (C=O) groups is 2. The molecule has 0 aliphatic carbocycles. The van der Waals surface area contributed by atoms with E-state index in [1.54, 1.807) is 0 Å². The highest BCUT2D eigenvalue weighted by Gasteiger charge is 2.27. The molecule has 2 atom stereocenters. The first-order chi connectivity index (χ1) is 9.75. The minimum absolute atomic E-state index is 0.0438. The Balaban J connectivity index is 2.92. The van der Waals surface area contributed by atoms with Crippen LogP contribution in [0.2, 0.25) is 0 Å². The average molecular weight is 303 g/mol. The summed E-state index contributed by atoms with van der Waals surface area (Å²) in [5, 5.41) is 30.6. The van der Waals surface area contributed by atoms with E-state index in [1.807, 2.05) is 0 Å². The zero-order valence-corrected chi connectivity index (χ0v) is 11.1. The number of nitrogens with one attached hydrogen (secondary N) is 1. The van der Waals surface area contributed by atoms with Crippen LogP contribution in [0.4, 0.5) is 8.78 Å². The van der Waals surface area contributed by atoms with Crippen molar-refractivity contribution in [3.05, 3.63) is 34.9 Å². The van der Waals surface area contributed by atoms with Gasteiger partial charge in [-0.15, -0.1) is 0 Å². The summed E-state index contributed by atoms with van der Waals surface area (Å²) in [6.07, 6.45) is -3.27. The predicted octanol–water partition coefficient (Wildman–Crippen LogP) is 0.583. The zero-order chi connectivity index (χ0) is 16.2. The number of carboxylic acids is 1. The minimum atomic E-state index is -1.81. The molecule has 0 heterocycles. The summed E-state index contributed by atoms with van der Waals surface area (Å²) in [5.41, 5.74) is -1.72. The molecule has 0 saturated carbocycles. The number of hydrogen-bond acceptors (Lipinski definition) is 4. The molecule has 1 amide bonds. The number of hydrogen-bond donors (Lipinski definition) is 4. The molecule has 2 unspecified atom stereocenters. The number of aliphatic hydroxyl groups is 2. The van der Waals surface area contributed by atoms with E-state index < -0.39 is 40.9 Å². The van der Waals surface area contributed by atoms with Crippen molar-refractivity contribution >= 4 is 11.9 Å². The molecular weight excluding hydrogens is 288 g/mol. The van der Waals surface area contributed by atoms with Gasteiger partial charge in [0.15, 0.2) is 0 Å². The van der Waals surface area contributed by atoms with Crippen LogP contribution >= 0.6 is 0 Å². The maximum atomic E-state index is 13.9. The molecule has 0 bridgehead atoms. The van der Waals surface area contributed by atoms with Crippen molar-refractivity contribution in [1.29, 1.82) is 0 Å². The van der Waals surface area contributed by atoms with Crippen molar-refractivity contribution < 1.29 is 33.7 Å². The quantitative estimate of drug-likeness (QED) is 0.615. The highest BCUT2D eigenvalue weighted by atomic mass is 19.1. The minimum Gasteiger partial charge on any atom is -0.477 e. The fourth-order valence-electron chi connectivity index (χ4n) is 1.75. The highest BCUT2D eigenvalue weighted by Crippen LogP contribution is 2.25. The van der Waals surface area contributed by atoms with Gasteiger partial charge in [0.1, 0.15) is 23.3 Å². The van der Waals surface area contributed by atoms with Crippen LogP contribution in [0.25, 0.3) is 0 Å². The summed E-state index contributed by atoms with van der Waals surface area (Å²) in [5.74, 6) is -4.86. The molecular formula is C13H15F2NO5. The van der Waals surface area contributed by atoms with Gasteiger partial charge in [-0.1, -0.05) is 6.07 Å². The Labute approximate surface area is 119 Å². The Morgan fingerprint density at radius 1 is 1.29 bits per heavy atom. The molecule has 0 aromatic heterocycles. The third kappa shape index (κ3) is 4.20. The smallest absolute Gasteiger partial charge is 0.341 e. The van der Waals surface area contributed by atoms with Crippen LogP contribution in [0, 0.1) is 11.6 Å². The Bertz CT molecular complexity index is 550. The van der Waals surface area contributed by atoms with E-state index in [2.05, 4.69) is 5.32 Å². The number of carbonyl (C=O) groups excluding carboxylic acids is 1. The van der Waals surface area contributed by atoms with Gasteiger partial charge in [-0.05, 0) is 12.5 Å². The number of halogens is 2. The van der Waals surface area contributed by atoms with E-state index in [1.165, 1.54) is 6.92 Å². The van der Waals surface area contributed by atoms with Crippen LogP contribution in [-0.4, -0.2) is 39.8 Å². The molecule has 1 aromatic carbocycles. The van der Waals surface area contributed by atoms with Crippen LogP contribution in [-0.2, 0) is 4.79 Å². The number of carboxylic acid groups (broad SMARTS) is 1. The van der Waals surface area contributed by atoms with E-state index in [9.17, 15) is 28.6 Å². The van der Waals surface area contributed by atoms with E-state index in [-0.39, 0.29) is 18.9 Å². The number of aliphatic hydroxyl groups excluding tert-OH is 2. The summed E-state index contributed by atoms with van der Waals surface area (Å²) in [7, 11) is 0. The molecule has 116 valence electrons. The topological polar surface area (TPSA) is 107 Å². The molecule has 0 radical (unpaired) electrons. The second kappa shape index (κ2) is 7.09. The SMILES string of the molecule is CC(=O)NCCC(O)C(O)c1ccc(F)c(C(=O)O)c1F. The lowest BCUT2D eigenvalue weighted by Crippen LogP contribution is -2.28. The summed E-state index contributed by atoms with van der Waals surface area (Å²) >= 11 is 0. The number of rotatable bonds is 6. The van der Waals surface area contributed by atoms with Gasteiger partial charge in [-0.2, -0.15) is 0 Å². The van der Waals surface area contributed by atoms with Gasteiger partial charge in [-0.3, -0.25) is 4.79 Å². The molecule has 0 aliphatic rings. The normalized spacial score (nSPS) is 13.6. The largest absolute Gasteiger partial charge is 0.477 e. The second-order valence-electron chi connectivity index (χ2n) is 4.41. The fourth-order valence-corrected chi connectivity index (χ4v) is 1.75. The van der Waals surface area contributed by atoms with Gasteiger partial charge >= 0.3 is 5.97 Å². The van der Waals surface area contributed by atoms with Crippen LogP contribution in [0.15, 0.2) is 12.1 Å². The molecule has 0 spiro atoms. The molecule has 1 aromatic rings. The first-order valence-corrected chi connectivity index (χ1v) is 6.07. The van der Waals surface area contributed by atoms with Crippen molar-refractivity contribution in [2.24, 2.45) is 0 Å². The average Bonchev–Trinajstić information content (AvgIpc) is 2.37. The molecule has 6 nitrogen and oxygen atoms in total. The summed E-state index contributed by atoms with van der Waals surface area (Å²) in [6, 6.07) is 1.56. The molecule has 4 N–H and O–H groups in total. The van der Waals surface area contributed by atoms with Crippen LogP contribution < -0.4 is 5.32 Å². The van der Waals surface area contributed by atoms with Crippen molar-refractivity contribution in [3.63, 3.8) is 0 Å². The van der Waals surface area contributed by atoms with Crippen LogP contribution in [0.3, 0.4) is 0 Å². The highest BCUT2D eigenvalue weighted by molar-refractivity contribution is 5.88. The molecule has 8 heteroatoms. The van der Waals surface area contributed by atoms with Gasteiger partial charge in [0, 0.05) is 19.0 Å². The van der Waals surface area contributed by atoms with E-state index in [4.69, 9.17) is 5.11 Å². The Morgan fingerprint density at radius 3 is 2.43 bits per heavy atom. The van der Waals surface area contributed by atoms with Crippen molar-refractivity contribution in [1.82, 2.24) is 5.32 Å². The monoisotopic (exact) mass is 303 g/mol. The van der Waals surface area contributed by atoms with Crippen molar-refractivity contribution in [2.45, 2.75) is 25.6 Å². The fraction of sp³-hybridized carbons (Fsp3) is 0.385. The van der Waals surface area contributed by atoms with Gasteiger partial charge < -0.3 is 20.6 Å². The summed E-state index contributed by atoms with van der Waals surface area (Å²) < 4.78 is 27.1. The molecule has 0 saturated heterocycles. The van der Waals surface area contributed by atoms with Gasteiger partial charge in [-0.25, -0.2) is 13.6 Å². The predicted molar refractivity (Wildman–Crippen MR) is 67.6 cm³/mol. The Kier molecular flexibility index (Phi) is 5.74. The lowest BCUT2D eigenvalue weighted by molar-refractivity contribution is -0.119. The maximum absolute atomic E-state index is 13.9. The summed E-state index contributed by atoms with van der Waals surface area (Å²) in [6.45, 7) is 1.31. The van der Waals surface area contributed by atoms with E-state index in [0.717, 1.165) is 6.07 Å². The Hall–Kier alpha value is -2.06. The van der Waals surface area contributed by atoms with Crippen molar-refractivity contribution in [2.75, 3.05) is 6.54 Å². The molecule has 21 heavy (non-hydrogen) atoms. The zero-order valence-electron chi connectivity index (χ0n) is 11.1. The molecule has 0 fully saturated rings. The van der Waals surface area contributed by atoms with E-state index >= 15 is 0 Å². The van der Waals surface area contributed by atoms with Crippen LogP contribution in [0.1, 0.15) is 35.4 Å².